The van der Waals surface area contributed by atoms with Gasteiger partial charge in [-0.2, -0.15) is 13.2 Å². The summed E-state index contributed by atoms with van der Waals surface area (Å²) in [4.78, 5) is 11.0. The first-order valence-corrected chi connectivity index (χ1v) is 12.4. The maximum atomic E-state index is 13.6. The average Bonchev–Trinajstić information content (AvgIpc) is 3.12. The predicted octanol–water partition coefficient (Wildman–Crippen LogP) is 7.22. The Balaban J connectivity index is 1.48. The molecule has 1 fully saturated rings. The van der Waals surface area contributed by atoms with E-state index in [1.165, 1.54) is 6.07 Å². The van der Waals surface area contributed by atoms with Crippen LogP contribution in [0, 0.1) is 5.41 Å². The fourth-order valence-electron chi connectivity index (χ4n) is 5.08. The summed E-state index contributed by atoms with van der Waals surface area (Å²) in [7, 11) is 0. The topological polar surface area (TPSA) is 54.0 Å². The third-order valence-electron chi connectivity index (χ3n) is 6.96. The SMILES string of the molecule is C\C=C/N=C(\C=C\N=C\c1cccc(Cl)c1Cl)N1CCC2(CC1)Cc1cccc(C(F)(F)F)c1C2N. The zero-order valence-corrected chi connectivity index (χ0v) is 21.3. The number of nitrogens with zero attached hydrogens (tertiary/aromatic N) is 3. The van der Waals surface area contributed by atoms with Crippen LogP contribution in [0.4, 0.5) is 13.2 Å². The van der Waals surface area contributed by atoms with Crippen LogP contribution in [0.15, 0.2) is 70.9 Å². The molecule has 36 heavy (non-hydrogen) atoms. The number of alkyl halides is 3. The molecule has 2 aliphatic rings. The van der Waals surface area contributed by atoms with E-state index >= 15 is 0 Å². The first kappa shape index (κ1) is 26.5. The highest BCUT2D eigenvalue weighted by Crippen LogP contribution is 2.53. The summed E-state index contributed by atoms with van der Waals surface area (Å²) in [5.41, 5.74) is 7.19. The largest absolute Gasteiger partial charge is 0.416 e. The zero-order valence-electron chi connectivity index (χ0n) is 19.8. The minimum absolute atomic E-state index is 0.259. The Morgan fingerprint density at radius 1 is 1.11 bits per heavy atom. The quantitative estimate of drug-likeness (QED) is 0.332. The number of amidine groups is 1. The summed E-state index contributed by atoms with van der Waals surface area (Å²) in [5, 5.41) is 0.889. The Kier molecular flexibility index (Phi) is 7.93. The third kappa shape index (κ3) is 5.38. The maximum absolute atomic E-state index is 13.6. The Morgan fingerprint density at radius 2 is 1.83 bits per heavy atom. The van der Waals surface area contributed by atoms with E-state index in [2.05, 4.69) is 14.9 Å². The molecule has 1 spiro atoms. The molecule has 0 saturated carbocycles. The van der Waals surface area contributed by atoms with Gasteiger partial charge in [0.1, 0.15) is 5.84 Å². The summed E-state index contributed by atoms with van der Waals surface area (Å²) < 4.78 is 40.9. The van der Waals surface area contributed by atoms with Crippen LogP contribution in [0.5, 0.6) is 0 Å². The van der Waals surface area contributed by atoms with Gasteiger partial charge in [0.25, 0.3) is 0 Å². The van der Waals surface area contributed by atoms with Gasteiger partial charge in [0.05, 0.1) is 15.6 Å². The number of nitrogens with two attached hydrogens (primary N) is 1. The first-order valence-electron chi connectivity index (χ1n) is 11.7. The van der Waals surface area contributed by atoms with Gasteiger partial charge in [-0.15, -0.1) is 0 Å². The van der Waals surface area contributed by atoms with Crippen LogP contribution >= 0.6 is 23.2 Å². The van der Waals surface area contributed by atoms with Crippen molar-refractivity contribution < 1.29 is 13.2 Å². The van der Waals surface area contributed by atoms with Crippen molar-refractivity contribution in [1.29, 1.82) is 0 Å². The summed E-state index contributed by atoms with van der Waals surface area (Å²) in [5.74, 6) is 0.720. The number of likely N-dealkylation sites (tertiary alicyclic amines) is 1. The van der Waals surface area contributed by atoms with Crippen LogP contribution < -0.4 is 5.73 Å². The molecular formula is C27H27Cl2F3N4. The molecule has 2 aromatic rings. The van der Waals surface area contributed by atoms with Crippen molar-refractivity contribution in [2.75, 3.05) is 13.1 Å². The van der Waals surface area contributed by atoms with Crippen LogP contribution in [-0.4, -0.2) is 30.0 Å². The number of hydrogen-bond donors (Lipinski definition) is 1. The monoisotopic (exact) mass is 534 g/mol. The smallest absolute Gasteiger partial charge is 0.357 e. The van der Waals surface area contributed by atoms with Crippen LogP contribution in [0.25, 0.3) is 0 Å². The van der Waals surface area contributed by atoms with Crippen molar-refractivity contribution in [1.82, 2.24) is 4.90 Å². The second-order valence-corrected chi connectivity index (χ2v) is 9.87. The van der Waals surface area contributed by atoms with Crippen LogP contribution in [-0.2, 0) is 12.6 Å². The van der Waals surface area contributed by atoms with Crippen molar-refractivity contribution in [2.24, 2.45) is 21.1 Å². The van der Waals surface area contributed by atoms with Gasteiger partial charge < -0.3 is 10.6 Å². The number of benzene rings is 2. The fraction of sp³-hybridized carbons (Fsp3) is 0.333. The van der Waals surface area contributed by atoms with Gasteiger partial charge in [0.2, 0.25) is 0 Å². The molecule has 2 aromatic carbocycles. The van der Waals surface area contributed by atoms with E-state index in [1.54, 1.807) is 42.9 Å². The molecule has 1 aliphatic carbocycles. The molecule has 1 heterocycles. The highest BCUT2D eigenvalue weighted by Gasteiger charge is 2.49. The average molecular weight is 535 g/mol. The molecule has 4 nitrogen and oxygen atoms in total. The summed E-state index contributed by atoms with van der Waals surface area (Å²) in [6.45, 7) is 3.14. The molecule has 4 rings (SSSR count). The lowest BCUT2D eigenvalue weighted by Gasteiger charge is -2.43. The third-order valence-corrected chi connectivity index (χ3v) is 7.79. The number of allylic oxidation sites excluding steroid dienone is 1. The molecular weight excluding hydrogens is 508 g/mol. The second kappa shape index (κ2) is 10.8. The lowest BCUT2D eigenvalue weighted by atomic mass is 9.73. The van der Waals surface area contributed by atoms with E-state index < -0.39 is 23.2 Å². The van der Waals surface area contributed by atoms with Crippen molar-refractivity contribution in [3.63, 3.8) is 0 Å². The maximum Gasteiger partial charge on any atom is 0.416 e. The van der Waals surface area contributed by atoms with E-state index in [9.17, 15) is 13.2 Å². The Labute approximate surface area is 219 Å². The molecule has 1 atom stereocenters. The van der Waals surface area contributed by atoms with E-state index in [4.69, 9.17) is 28.9 Å². The zero-order chi connectivity index (χ0) is 25.9. The van der Waals surface area contributed by atoms with Crippen LogP contribution in [0.3, 0.4) is 0 Å². The Morgan fingerprint density at radius 3 is 2.53 bits per heavy atom. The summed E-state index contributed by atoms with van der Waals surface area (Å²) in [6.07, 6.45) is 6.08. The molecule has 9 heteroatoms. The van der Waals surface area contributed by atoms with Gasteiger partial charge in [-0.25, -0.2) is 4.99 Å². The molecule has 0 bridgehead atoms. The molecule has 1 aliphatic heterocycles. The molecule has 2 N–H and O–H groups in total. The normalized spacial score (nSPS) is 20.4. The number of rotatable bonds is 4. The molecule has 190 valence electrons. The molecule has 0 radical (unpaired) electrons. The van der Waals surface area contributed by atoms with Gasteiger partial charge in [0.15, 0.2) is 0 Å². The van der Waals surface area contributed by atoms with Crippen molar-refractivity contribution in [3.05, 3.63) is 93.2 Å². The van der Waals surface area contributed by atoms with Gasteiger partial charge in [0, 0.05) is 43.3 Å². The minimum Gasteiger partial charge on any atom is -0.357 e. The fourth-order valence-corrected chi connectivity index (χ4v) is 5.44. The van der Waals surface area contributed by atoms with Crippen molar-refractivity contribution in [2.45, 2.75) is 38.4 Å². The van der Waals surface area contributed by atoms with E-state index in [-0.39, 0.29) is 5.56 Å². The highest BCUT2D eigenvalue weighted by molar-refractivity contribution is 6.43. The van der Waals surface area contributed by atoms with Crippen LogP contribution in [0.1, 0.15) is 48.1 Å². The predicted molar refractivity (Wildman–Crippen MR) is 141 cm³/mol. The van der Waals surface area contributed by atoms with Crippen LogP contribution in [0.2, 0.25) is 10.0 Å². The standard InChI is InChI=1S/C27H27Cl2F3N4/c1-2-12-35-22(9-13-34-17-19-6-4-8-21(28)24(19)29)36-14-10-26(11-15-36)16-18-5-3-7-20(27(30,31)32)23(18)25(26)33/h2-9,12-13,17,25H,10-11,14-16,33H2,1H3/b12-2-,13-9+,34-17+,35-22+. The van der Waals surface area contributed by atoms with E-state index in [0.717, 1.165) is 11.9 Å². The molecule has 0 amide bonds. The van der Waals surface area contributed by atoms with E-state index in [0.29, 0.717) is 53.5 Å². The molecule has 0 aromatic heterocycles. The van der Waals surface area contributed by atoms with E-state index in [1.807, 2.05) is 19.1 Å². The van der Waals surface area contributed by atoms with Crippen molar-refractivity contribution in [3.8, 4) is 0 Å². The number of hydrogen-bond acceptors (Lipinski definition) is 3. The van der Waals surface area contributed by atoms with Gasteiger partial charge in [-0.3, -0.25) is 4.99 Å². The van der Waals surface area contributed by atoms with Crippen molar-refractivity contribution >= 4 is 35.3 Å². The van der Waals surface area contributed by atoms with Gasteiger partial charge in [-0.05, 0) is 60.9 Å². The number of piperidine rings is 1. The Hall–Kier alpha value is -2.61. The number of halogens is 5. The summed E-state index contributed by atoms with van der Waals surface area (Å²) in [6, 6.07) is 9.06. The minimum atomic E-state index is -4.41. The first-order chi connectivity index (χ1) is 17.2. The summed E-state index contributed by atoms with van der Waals surface area (Å²) >= 11 is 12.3. The molecule has 1 saturated heterocycles. The number of aliphatic imine (C=N–C) groups is 2. The number of fused-ring (bicyclic) bond motifs is 1. The lowest BCUT2D eigenvalue weighted by Crippen LogP contribution is -2.46. The molecule has 1 unspecified atom stereocenters. The highest BCUT2D eigenvalue weighted by atomic mass is 35.5. The lowest BCUT2D eigenvalue weighted by molar-refractivity contribution is -0.138. The van der Waals surface area contributed by atoms with Gasteiger partial charge >= 0.3 is 6.18 Å². The Bertz CT molecular complexity index is 1230. The second-order valence-electron chi connectivity index (χ2n) is 9.09. The van der Waals surface area contributed by atoms with Gasteiger partial charge in [-0.1, -0.05) is 53.5 Å².